The number of fused-ring (bicyclic) bond motifs is 5. The van der Waals surface area contributed by atoms with Gasteiger partial charge in [0.05, 0.1) is 11.7 Å². The number of allylic oxidation sites excluding steroid dienone is 1. The summed E-state index contributed by atoms with van der Waals surface area (Å²) in [6.45, 7) is 7.08. The Hall–Kier alpha value is -0.930. The molecule has 0 aromatic heterocycles. The van der Waals surface area contributed by atoms with Gasteiger partial charge in [0.1, 0.15) is 37.2 Å². The average molecular weight is 488 g/mol. The van der Waals surface area contributed by atoms with E-state index in [-0.39, 0.29) is 33.9 Å². The molecule has 0 saturated heterocycles. The molecule has 0 radical (unpaired) electrons. The molecule has 3 saturated carbocycles. The van der Waals surface area contributed by atoms with E-state index < -0.39 is 10.8 Å². The molecule has 7 heteroatoms. The van der Waals surface area contributed by atoms with E-state index in [1.807, 2.05) is 12.1 Å². The summed E-state index contributed by atoms with van der Waals surface area (Å²) in [4.78, 5) is 0. The highest BCUT2D eigenvalue weighted by atomic mass is 19.1. The number of hydrogen-bond acceptors (Lipinski definition) is 2. The standard InChI is InChI=1S/C29H45B4FO2/c1-25-14-12-20(35)16-18(25)6-9-21-22-10-11-24(26(22,2)15-13-23(21)25)27(3,36)29(32,33)28(30,31)17-4-7-19(34)8-5-17/h4-8,20-24,35-36H,9-16,30-33H2,1-3H3/t20-,21-,22-,23-,24-,25-,26-,27+/m0/s1. The van der Waals surface area contributed by atoms with Gasteiger partial charge in [0.15, 0.2) is 0 Å². The molecule has 5 rings (SSSR count). The van der Waals surface area contributed by atoms with Crippen LogP contribution in [0.5, 0.6) is 0 Å². The van der Waals surface area contributed by atoms with E-state index in [1.165, 1.54) is 24.8 Å². The van der Waals surface area contributed by atoms with Gasteiger partial charge in [0.2, 0.25) is 0 Å². The molecule has 3 fully saturated rings. The summed E-state index contributed by atoms with van der Waals surface area (Å²) in [7, 11) is 8.88. The summed E-state index contributed by atoms with van der Waals surface area (Å²) < 4.78 is 13.7. The third-order valence-electron chi connectivity index (χ3n) is 13.2. The molecule has 2 nitrogen and oxygen atoms in total. The van der Waals surface area contributed by atoms with Crippen molar-refractivity contribution in [2.75, 3.05) is 0 Å². The zero-order valence-electron chi connectivity index (χ0n) is 23.7. The molecular formula is C29H45B4FO2. The van der Waals surface area contributed by atoms with Gasteiger partial charge in [-0.25, -0.2) is 4.39 Å². The van der Waals surface area contributed by atoms with Gasteiger partial charge in [-0.1, -0.05) is 53.6 Å². The second-order valence-electron chi connectivity index (χ2n) is 14.7. The number of rotatable bonds is 4. The maximum Gasteiger partial charge on any atom is 0.123 e. The largest absolute Gasteiger partial charge is 0.393 e. The van der Waals surface area contributed by atoms with Crippen molar-refractivity contribution >= 4 is 31.4 Å². The minimum absolute atomic E-state index is 0.122. The van der Waals surface area contributed by atoms with Crippen molar-refractivity contribution in [1.29, 1.82) is 0 Å². The Bertz CT molecular complexity index is 1040. The Labute approximate surface area is 221 Å². The van der Waals surface area contributed by atoms with Crippen LogP contribution < -0.4 is 0 Å². The highest BCUT2D eigenvalue weighted by molar-refractivity contribution is 6.54. The van der Waals surface area contributed by atoms with Gasteiger partial charge >= 0.3 is 0 Å². The summed E-state index contributed by atoms with van der Waals surface area (Å²) in [5.41, 5.74) is 2.10. The van der Waals surface area contributed by atoms with Gasteiger partial charge in [0, 0.05) is 0 Å². The van der Waals surface area contributed by atoms with E-state index in [1.54, 1.807) is 12.1 Å². The zero-order valence-corrected chi connectivity index (χ0v) is 23.7. The maximum absolute atomic E-state index is 13.7. The molecule has 4 aliphatic carbocycles. The smallest absolute Gasteiger partial charge is 0.123 e. The fourth-order valence-electron chi connectivity index (χ4n) is 9.86. The zero-order chi connectivity index (χ0) is 26.3. The van der Waals surface area contributed by atoms with Crippen LogP contribution in [0.3, 0.4) is 0 Å². The first kappa shape index (κ1) is 26.7. The Morgan fingerprint density at radius 2 is 1.61 bits per heavy atom. The quantitative estimate of drug-likeness (QED) is 0.505. The Morgan fingerprint density at radius 3 is 2.28 bits per heavy atom. The molecule has 0 unspecified atom stereocenters. The summed E-state index contributed by atoms with van der Waals surface area (Å²) in [5.74, 6) is 2.04. The average Bonchev–Trinajstić information content (AvgIpc) is 3.17. The van der Waals surface area contributed by atoms with Crippen molar-refractivity contribution < 1.29 is 14.6 Å². The van der Waals surface area contributed by atoms with Crippen LogP contribution in [0.2, 0.25) is 5.21 Å². The van der Waals surface area contributed by atoms with Gasteiger partial charge in [0.25, 0.3) is 0 Å². The minimum atomic E-state index is -0.865. The molecule has 0 amide bonds. The van der Waals surface area contributed by atoms with Crippen LogP contribution in [0.4, 0.5) is 4.39 Å². The molecule has 1 aromatic carbocycles. The van der Waals surface area contributed by atoms with E-state index in [0.29, 0.717) is 17.8 Å². The topological polar surface area (TPSA) is 40.5 Å². The van der Waals surface area contributed by atoms with E-state index in [4.69, 9.17) is 0 Å². The Morgan fingerprint density at radius 1 is 0.944 bits per heavy atom. The first-order valence-corrected chi connectivity index (χ1v) is 14.5. The number of aliphatic hydroxyl groups is 2. The molecule has 0 aliphatic heterocycles. The fraction of sp³-hybridized carbons (Fsp3) is 0.724. The normalized spacial score (nSPS) is 40.4. The number of hydrogen-bond donors (Lipinski definition) is 2. The van der Waals surface area contributed by atoms with Gasteiger partial charge < -0.3 is 10.2 Å². The summed E-state index contributed by atoms with van der Waals surface area (Å²) in [6.07, 6.45) is 11.1. The first-order chi connectivity index (χ1) is 16.7. The van der Waals surface area contributed by atoms with E-state index >= 15 is 0 Å². The van der Waals surface area contributed by atoms with Crippen LogP contribution in [0.15, 0.2) is 35.9 Å². The van der Waals surface area contributed by atoms with Crippen molar-refractivity contribution in [3.63, 3.8) is 0 Å². The van der Waals surface area contributed by atoms with Crippen molar-refractivity contribution in [3.05, 3.63) is 47.3 Å². The van der Waals surface area contributed by atoms with Crippen molar-refractivity contribution in [3.8, 4) is 0 Å². The second-order valence-corrected chi connectivity index (χ2v) is 14.7. The van der Waals surface area contributed by atoms with Gasteiger partial charge in [-0.2, -0.15) is 0 Å². The van der Waals surface area contributed by atoms with E-state index in [0.717, 1.165) is 37.7 Å². The fourth-order valence-corrected chi connectivity index (χ4v) is 9.86. The van der Waals surface area contributed by atoms with E-state index in [2.05, 4.69) is 58.2 Å². The Kier molecular flexibility index (Phi) is 6.32. The van der Waals surface area contributed by atoms with Crippen LogP contribution in [-0.4, -0.2) is 53.3 Å². The number of aliphatic hydroxyl groups excluding tert-OH is 1. The molecule has 0 bridgehead atoms. The molecule has 4 aliphatic rings. The van der Waals surface area contributed by atoms with Crippen molar-refractivity contribution in [2.24, 2.45) is 34.5 Å². The predicted octanol–water partition coefficient (Wildman–Crippen LogP) is 2.32. The van der Waals surface area contributed by atoms with Crippen LogP contribution in [0, 0.1) is 40.3 Å². The molecule has 0 heterocycles. The van der Waals surface area contributed by atoms with E-state index in [9.17, 15) is 14.6 Å². The lowest BCUT2D eigenvalue weighted by molar-refractivity contribution is -0.111. The minimum Gasteiger partial charge on any atom is -0.393 e. The highest BCUT2D eigenvalue weighted by Gasteiger charge is 2.64. The summed E-state index contributed by atoms with van der Waals surface area (Å²) >= 11 is 0. The highest BCUT2D eigenvalue weighted by Crippen LogP contribution is 2.69. The third-order valence-corrected chi connectivity index (χ3v) is 13.2. The second kappa shape index (κ2) is 8.54. The first-order valence-electron chi connectivity index (χ1n) is 14.5. The van der Waals surface area contributed by atoms with Gasteiger partial charge in [-0.15, -0.1) is 0 Å². The Balaban J connectivity index is 1.45. The van der Waals surface area contributed by atoms with Crippen molar-refractivity contribution in [2.45, 2.75) is 94.3 Å². The SMILES string of the molecule is BC(B)(c1ccc(F)cc1)C(B)(B)[C@](C)(O)[C@H]1CC[C@H]2[C@@H]3CC=C4C[C@@H](O)CC[C@]4(C)[C@H]3CC[C@@]21C. The van der Waals surface area contributed by atoms with Gasteiger partial charge in [-0.3, -0.25) is 0 Å². The predicted molar refractivity (Wildman–Crippen MR) is 157 cm³/mol. The molecule has 36 heavy (non-hydrogen) atoms. The van der Waals surface area contributed by atoms with Crippen LogP contribution >= 0.6 is 0 Å². The van der Waals surface area contributed by atoms with Crippen LogP contribution in [0.25, 0.3) is 0 Å². The van der Waals surface area contributed by atoms with Crippen molar-refractivity contribution in [1.82, 2.24) is 0 Å². The molecule has 2 N–H and O–H groups in total. The molecule has 0 spiro atoms. The number of halogens is 1. The molecule has 192 valence electrons. The monoisotopic (exact) mass is 488 g/mol. The maximum atomic E-state index is 13.7. The molecule has 1 aromatic rings. The summed E-state index contributed by atoms with van der Waals surface area (Å²) in [6, 6.07) is 6.88. The molecule has 8 atom stereocenters. The lowest BCUT2D eigenvalue weighted by Crippen LogP contribution is -2.62. The van der Waals surface area contributed by atoms with Gasteiger partial charge in [-0.05, 0) is 105 Å². The van der Waals surface area contributed by atoms with Crippen LogP contribution in [-0.2, 0) is 5.21 Å². The number of benzene rings is 1. The van der Waals surface area contributed by atoms with Crippen LogP contribution in [0.1, 0.15) is 77.7 Å². The molecular weight excluding hydrogens is 443 g/mol. The third kappa shape index (κ3) is 3.61. The summed E-state index contributed by atoms with van der Waals surface area (Å²) in [5, 5.41) is 22.1. The lowest BCUT2D eigenvalue weighted by Gasteiger charge is -2.61. The lowest BCUT2D eigenvalue weighted by atomic mass is 9.23.